The number of nitriles is 1. The average molecular weight is 426 g/mol. The van der Waals surface area contributed by atoms with Crippen LogP contribution in [0.4, 0.5) is 4.79 Å². The average Bonchev–Trinajstić information content (AvgIpc) is 3.08. The second kappa shape index (κ2) is 10.4. The van der Waals surface area contributed by atoms with E-state index >= 15 is 0 Å². The number of carbonyl (C=O) groups excluding carboxylic acids is 2. The molecule has 1 N–H and O–H groups in total. The lowest BCUT2D eigenvalue weighted by atomic mass is 9.87. The van der Waals surface area contributed by atoms with Gasteiger partial charge in [-0.15, -0.1) is 11.3 Å². The van der Waals surface area contributed by atoms with Crippen LogP contribution in [0, 0.1) is 17.2 Å². The van der Waals surface area contributed by atoms with Gasteiger partial charge in [0.25, 0.3) is 0 Å². The lowest BCUT2D eigenvalue weighted by Gasteiger charge is -2.21. The second-order valence-electron chi connectivity index (χ2n) is 7.73. The van der Waals surface area contributed by atoms with Gasteiger partial charge in [-0.05, 0) is 49.8 Å². The van der Waals surface area contributed by atoms with Gasteiger partial charge in [-0.25, -0.2) is 4.79 Å². The van der Waals surface area contributed by atoms with Crippen molar-refractivity contribution in [2.75, 3.05) is 13.2 Å². The number of Topliss-reactive ketones (excluding diaryl/α,β-unsaturated/α-hetero) is 1. The molecule has 158 valence electrons. The fourth-order valence-corrected chi connectivity index (χ4v) is 5.31. The fourth-order valence-electron chi connectivity index (χ4n) is 3.86. The van der Waals surface area contributed by atoms with Crippen molar-refractivity contribution in [3.8, 4) is 6.07 Å². The van der Waals surface area contributed by atoms with Gasteiger partial charge in [-0.2, -0.15) is 5.26 Å². The summed E-state index contributed by atoms with van der Waals surface area (Å²) < 4.78 is 5.28. The SMILES string of the molecule is CCNC(=O)OCC1CCc2c(sc(CC(=O)CC(C)c3ccccn3)c2C#N)C1. The summed E-state index contributed by atoms with van der Waals surface area (Å²) in [4.78, 5) is 30.6. The minimum atomic E-state index is -0.388. The molecule has 0 radical (unpaired) electrons. The number of carbonyl (C=O) groups is 2. The van der Waals surface area contributed by atoms with Crippen molar-refractivity contribution in [2.45, 2.75) is 51.9 Å². The number of nitrogens with zero attached hydrogens (tertiary/aromatic N) is 2. The van der Waals surface area contributed by atoms with Gasteiger partial charge >= 0.3 is 6.09 Å². The van der Waals surface area contributed by atoms with Crippen molar-refractivity contribution in [3.63, 3.8) is 0 Å². The van der Waals surface area contributed by atoms with Crippen LogP contribution >= 0.6 is 11.3 Å². The summed E-state index contributed by atoms with van der Waals surface area (Å²) in [6.45, 7) is 4.77. The van der Waals surface area contributed by atoms with E-state index in [9.17, 15) is 14.9 Å². The van der Waals surface area contributed by atoms with Crippen molar-refractivity contribution in [3.05, 3.63) is 51.0 Å². The van der Waals surface area contributed by atoms with Gasteiger partial charge in [-0.3, -0.25) is 9.78 Å². The molecule has 1 aliphatic rings. The third kappa shape index (κ3) is 5.45. The number of alkyl carbamates (subject to hydrolysis) is 1. The molecule has 0 saturated heterocycles. The quantitative estimate of drug-likeness (QED) is 0.685. The number of rotatable bonds is 8. The number of thiophene rings is 1. The predicted molar refractivity (Wildman–Crippen MR) is 116 cm³/mol. The topological polar surface area (TPSA) is 92.1 Å². The largest absolute Gasteiger partial charge is 0.449 e. The number of aromatic nitrogens is 1. The van der Waals surface area contributed by atoms with E-state index in [1.807, 2.05) is 32.0 Å². The Bertz CT molecular complexity index is 933. The predicted octanol–water partition coefficient (Wildman–Crippen LogP) is 4.17. The summed E-state index contributed by atoms with van der Waals surface area (Å²) in [5.74, 6) is 0.423. The lowest BCUT2D eigenvalue weighted by Crippen LogP contribution is -2.27. The molecule has 7 heteroatoms. The highest BCUT2D eigenvalue weighted by molar-refractivity contribution is 7.12. The van der Waals surface area contributed by atoms with E-state index < -0.39 is 0 Å². The van der Waals surface area contributed by atoms with Crippen LogP contribution in [0.25, 0.3) is 0 Å². The van der Waals surface area contributed by atoms with Gasteiger partial charge in [0, 0.05) is 46.9 Å². The Morgan fingerprint density at radius 3 is 2.97 bits per heavy atom. The molecule has 0 saturated carbocycles. The molecule has 0 aliphatic heterocycles. The maximum Gasteiger partial charge on any atom is 0.407 e. The zero-order valence-corrected chi connectivity index (χ0v) is 18.3. The van der Waals surface area contributed by atoms with Gasteiger partial charge in [0.1, 0.15) is 11.9 Å². The third-order valence-corrected chi connectivity index (χ3v) is 6.66. The minimum Gasteiger partial charge on any atom is -0.449 e. The van der Waals surface area contributed by atoms with E-state index in [1.54, 1.807) is 17.5 Å². The Morgan fingerprint density at radius 1 is 1.43 bits per heavy atom. The van der Waals surface area contributed by atoms with Gasteiger partial charge in [0.05, 0.1) is 12.2 Å². The fraction of sp³-hybridized carbons (Fsp3) is 0.478. The van der Waals surface area contributed by atoms with Crippen LogP contribution in [0.5, 0.6) is 0 Å². The van der Waals surface area contributed by atoms with E-state index in [1.165, 1.54) is 0 Å². The smallest absolute Gasteiger partial charge is 0.407 e. The van der Waals surface area contributed by atoms with Crippen molar-refractivity contribution in [2.24, 2.45) is 5.92 Å². The summed E-state index contributed by atoms with van der Waals surface area (Å²) in [6.07, 6.45) is 4.50. The zero-order valence-electron chi connectivity index (χ0n) is 17.4. The van der Waals surface area contributed by atoms with Crippen LogP contribution in [0.1, 0.15) is 59.2 Å². The van der Waals surface area contributed by atoms with E-state index in [0.717, 1.165) is 40.3 Å². The van der Waals surface area contributed by atoms with E-state index in [-0.39, 0.29) is 30.1 Å². The van der Waals surface area contributed by atoms with E-state index in [0.29, 0.717) is 25.1 Å². The van der Waals surface area contributed by atoms with Crippen LogP contribution in [0.2, 0.25) is 0 Å². The van der Waals surface area contributed by atoms with Crippen LogP contribution in [-0.2, 0) is 28.8 Å². The molecule has 1 aliphatic carbocycles. The number of ketones is 1. The van der Waals surface area contributed by atoms with Crippen LogP contribution in [0.15, 0.2) is 24.4 Å². The Kier molecular flexibility index (Phi) is 7.58. The van der Waals surface area contributed by atoms with Crippen molar-refractivity contribution >= 4 is 23.2 Å². The molecule has 2 heterocycles. The highest BCUT2D eigenvalue weighted by Gasteiger charge is 2.27. The molecule has 2 aromatic heterocycles. The second-order valence-corrected chi connectivity index (χ2v) is 8.92. The van der Waals surface area contributed by atoms with E-state index in [2.05, 4.69) is 16.4 Å². The lowest BCUT2D eigenvalue weighted by molar-refractivity contribution is -0.118. The molecule has 30 heavy (non-hydrogen) atoms. The number of pyridine rings is 1. The first-order valence-electron chi connectivity index (χ1n) is 10.4. The molecule has 2 aromatic rings. The molecule has 0 spiro atoms. The Balaban J connectivity index is 1.63. The summed E-state index contributed by atoms with van der Waals surface area (Å²) in [5.41, 5.74) is 2.67. The first-order valence-corrected chi connectivity index (χ1v) is 11.2. The van der Waals surface area contributed by atoms with Gasteiger partial charge in [-0.1, -0.05) is 13.0 Å². The highest BCUT2D eigenvalue weighted by atomic mass is 32.1. The summed E-state index contributed by atoms with van der Waals surface area (Å²) in [7, 11) is 0. The summed E-state index contributed by atoms with van der Waals surface area (Å²) >= 11 is 1.57. The molecule has 6 nitrogen and oxygen atoms in total. The normalized spacial score (nSPS) is 16.2. The zero-order chi connectivity index (χ0) is 21.5. The number of nitrogens with one attached hydrogen (secondary N) is 1. The molecule has 0 bridgehead atoms. The Labute approximate surface area is 181 Å². The highest BCUT2D eigenvalue weighted by Crippen LogP contribution is 2.37. The van der Waals surface area contributed by atoms with E-state index in [4.69, 9.17) is 4.74 Å². The molecule has 3 rings (SSSR count). The minimum absolute atomic E-state index is 0.0506. The Morgan fingerprint density at radius 2 is 2.27 bits per heavy atom. The molecule has 2 unspecified atom stereocenters. The van der Waals surface area contributed by atoms with Crippen molar-refractivity contribution in [1.82, 2.24) is 10.3 Å². The molecular formula is C23H27N3O3S. The number of hydrogen-bond donors (Lipinski definition) is 1. The number of amides is 1. The molecule has 0 aromatic carbocycles. The third-order valence-electron chi connectivity index (χ3n) is 5.41. The first kappa shape index (κ1) is 22.0. The van der Waals surface area contributed by atoms with Crippen molar-refractivity contribution in [1.29, 1.82) is 5.26 Å². The number of ether oxygens (including phenoxy) is 1. The van der Waals surface area contributed by atoms with Crippen LogP contribution in [-0.4, -0.2) is 30.0 Å². The standard InChI is InChI=1S/C23H27N3O3S/c1-3-25-23(28)29-14-16-7-8-18-19(13-24)22(30-21(18)11-16)12-17(27)10-15(2)20-6-4-5-9-26-20/h4-6,9,15-16H,3,7-8,10-12,14H2,1-2H3,(H,25,28). The summed E-state index contributed by atoms with van der Waals surface area (Å²) in [6, 6.07) is 8.05. The van der Waals surface area contributed by atoms with Crippen LogP contribution in [0.3, 0.4) is 0 Å². The Hall–Kier alpha value is -2.72. The maximum atomic E-state index is 12.7. The maximum absolute atomic E-state index is 12.7. The molecule has 2 atom stereocenters. The number of hydrogen-bond acceptors (Lipinski definition) is 6. The number of fused-ring (bicyclic) bond motifs is 1. The van der Waals surface area contributed by atoms with Gasteiger partial charge in [0.15, 0.2) is 0 Å². The summed E-state index contributed by atoms with van der Waals surface area (Å²) in [5, 5.41) is 12.3. The van der Waals surface area contributed by atoms with Crippen molar-refractivity contribution < 1.29 is 14.3 Å². The van der Waals surface area contributed by atoms with Gasteiger partial charge < -0.3 is 10.1 Å². The monoisotopic (exact) mass is 425 g/mol. The first-order chi connectivity index (χ1) is 14.5. The molecule has 1 amide bonds. The van der Waals surface area contributed by atoms with Crippen LogP contribution < -0.4 is 5.32 Å². The molecular weight excluding hydrogens is 398 g/mol. The van der Waals surface area contributed by atoms with Gasteiger partial charge in [0.2, 0.25) is 0 Å². The molecule has 0 fully saturated rings.